The molecule has 0 aromatic carbocycles. The summed E-state index contributed by atoms with van der Waals surface area (Å²) < 4.78 is 0. The molecule has 1 aromatic heterocycles. The van der Waals surface area contributed by atoms with Crippen molar-refractivity contribution in [1.29, 1.82) is 0 Å². The van der Waals surface area contributed by atoms with Crippen molar-refractivity contribution in [3.05, 3.63) is 29.6 Å². The van der Waals surface area contributed by atoms with Crippen LogP contribution in [0.25, 0.3) is 0 Å². The Morgan fingerprint density at radius 1 is 1.00 bits per heavy atom. The second kappa shape index (κ2) is 6.78. The number of aromatic nitrogens is 1. The molecule has 1 aromatic rings. The standard InChI is InChI=1S/C18H25NSi/c1-8-17-13-19-11-9-18(17)10-12-20(14(2)3,15(4)5)16(6)7/h1,9,11,13-16H,2-7H3. The van der Waals surface area contributed by atoms with Gasteiger partial charge in [0.15, 0.2) is 0 Å². The lowest BCUT2D eigenvalue weighted by atomic mass is 10.1. The third-order valence-electron chi connectivity index (χ3n) is 4.26. The van der Waals surface area contributed by atoms with Crippen LogP contribution >= 0.6 is 0 Å². The first-order valence-corrected chi connectivity index (χ1v) is 9.53. The van der Waals surface area contributed by atoms with Crippen LogP contribution in [0.1, 0.15) is 52.7 Å². The highest BCUT2D eigenvalue weighted by molar-refractivity contribution is 6.90. The van der Waals surface area contributed by atoms with Gasteiger partial charge in [-0.25, -0.2) is 0 Å². The maximum absolute atomic E-state index is 5.52. The van der Waals surface area contributed by atoms with Crippen LogP contribution in [-0.2, 0) is 0 Å². The molecule has 0 N–H and O–H groups in total. The van der Waals surface area contributed by atoms with E-state index in [2.05, 4.69) is 63.9 Å². The van der Waals surface area contributed by atoms with Crippen LogP contribution in [0.15, 0.2) is 18.5 Å². The quantitative estimate of drug-likeness (QED) is 0.582. The Morgan fingerprint density at radius 2 is 1.55 bits per heavy atom. The van der Waals surface area contributed by atoms with Crippen LogP contribution in [-0.4, -0.2) is 13.1 Å². The fourth-order valence-electron chi connectivity index (χ4n) is 3.23. The number of terminal acetylenes is 1. The number of rotatable bonds is 3. The molecule has 1 rings (SSSR count). The van der Waals surface area contributed by atoms with E-state index in [4.69, 9.17) is 6.42 Å². The van der Waals surface area contributed by atoms with E-state index in [0.717, 1.165) is 11.1 Å². The number of pyridine rings is 1. The third-order valence-corrected chi connectivity index (χ3v) is 10.5. The molecule has 0 aliphatic rings. The lowest BCUT2D eigenvalue weighted by Crippen LogP contribution is -2.43. The number of hydrogen-bond donors (Lipinski definition) is 0. The van der Waals surface area contributed by atoms with Crippen LogP contribution < -0.4 is 0 Å². The Balaban J connectivity index is 3.35. The van der Waals surface area contributed by atoms with Crippen LogP contribution in [0.5, 0.6) is 0 Å². The Morgan fingerprint density at radius 3 is 2.00 bits per heavy atom. The van der Waals surface area contributed by atoms with Crippen LogP contribution in [0, 0.1) is 23.8 Å². The fourth-order valence-corrected chi connectivity index (χ4v) is 8.44. The maximum Gasteiger partial charge on any atom is 0.146 e. The Kier molecular flexibility index (Phi) is 5.60. The maximum atomic E-state index is 5.52. The summed E-state index contributed by atoms with van der Waals surface area (Å²) in [6.45, 7) is 13.9. The van der Waals surface area contributed by atoms with Crippen molar-refractivity contribution < 1.29 is 0 Å². The van der Waals surface area contributed by atoms with Gasteiger partial charge < -0.3 is 0 Å². The minimum absolute atomic E-state index is 0.631. The Hall–Kier alpha value is -1.51. The second-order valence-corrected chi connectivity index (χ2v) is 11.8. The molecule has 0 fully saturated rings. The van der Waals surface area contributed by atoms with Crippen LogP contribution in [0.4, 0.5) is 0 Å². The lowest BCUT2D eigenvalue weighted by Gasteiger charge is -2.38. The molecule has 0 bridgehead atoms. The van der Waals surface area contributed by atoms with Crippen molar-refractivity contribution in [3.8, 4) is 23.8 Å². The van der Waals surface area contributed by atoms with Gasteiger partial charge in [0.05, 0.1) is 5.56 Å². The lowest BCUT2D eigenvalue weighted by molar-refractivity contribution is 0.838. The molecule has 1 heterocycles. The van der Waals surface area contributed by atoms with E-state index in [-0.39, 0.29) is 0 Å². The van der Waals surface area contributed by atoms with Gasteiger partial charge in [0, 0.05) is 18.0 Å². The minimum Gasteiger partial charge on any atom is -0.263 e. The zero-order valence-corrected chi connectivity index (χ0v) is 14.5. The van der Waals surface area contributed by atoms with Crippen molar-refractivity contribution in [3.63, 3.8) is 0 Å². The zero-order valence-electron chi connectivity index (χ0n) is 13.5. The van der Waals surface area contributed by atoms with E-state index < -0.39 is 8.07 Å². The average Bonchev–Trinajstić information content (AvgIpc) is 2.38. The molecular weight excluding hydrogens is 258 g/mol. The van der Waals surface area contributed by atoms with Gasteiger partial charge in [-0.15, -0.1) is 12.0 Å². The van der Waals surface area contributed by atoms with Gasteiger partial charge in [-0.05, 0) is 22.7 Å². The molecule has 0 aliphatic heterocycles. The summed E-state index contributed by atoms with van der Waals surface area (Å²) in [7, 11) is -1.70. The Bertz CT molecular complexity index is 531. The third kappa shape index (κ3) is 3.14. The Labute approximate surface area is 125 Å². The molecule has 0 saturated carbocycles. The first-order chi connectivity index (χ1) is 9.36. The van der Waals surface area contributed by atoms with E-state index in [9.17, 15) is 0 Å². The summed E-state index contributed by atoms with van der Waals surface area (Å²) >= 11 is 0. The summed E-state index contributed by atoms with van der Waals surface area (Å²) in [6, 6.07) is 1.92. The topological polar surface area (TPSA) is 12.9 Å². The predicted molar refractivity (Wildman–Crippen MR) is 90.1 cm³/mol. The van der Waals surface area contributed by atoms with Gasteiger partial charge in [0.2, 0.25) is 0 Å². The molecule has 0 radical (unpaired) electrons. The zero-order chi connectivity index (χ0) is 15.3. The number of hydrogen-bond acceptors (Lipinski definition) is 1. The van der Waals surface area contributed by atoms with Gasteiger partial charge in [-0.2, -0.15) is 0 Å². The summed E-state index contributed by atoms with van der Waals surface area (Å²) in [5, 5.41) is 0. The molecule has 0 unspecified atom stereocenters. The summed E-state index contributed by atoms with van der Waals surface area (Å²) in [5.74, 6) is 6.05. The van der Waals surface area contributed by atoms with Crippen molar-refractivity contribution in [1.82, 2.24) is 4.98 Å². The minimum atomic E-state index is -1.70. The van der Waals surface area contributed by atoms with Crippen LogP contribution in [0.3, 0.4) is 0 Å². The summed E-state index contributed by atoms with van der Waals surface area (Å²) in [6.07, 6.45) is 9.00. The van der Waals surface area contributed by atoms with Crippen molar-refractivity contribution >= 4 is 8.07 Å². The first-order valence-electron chi connectivity index (χ1n) is 7.30. The van der Waals surface area contributed by atoms with Gasteiger partial charge in [-0.3, -0.25) is 4.98 Å². The summed E-state index contributed by atoms with van der Waals surface area (Å²) in [4.78, 5) is 4.07. The van der Waals surface area contributed by atoms with Crippen molar-refractivity contribution in [2.75, 3.05) is 0 Å². The average molecular weight is 283 g/mol. The van der Waals surface area contributed by atoms with E-state index in [1.165, 1.54) is 0 Å². The second-order valence-electron chi connectivity index (χ2n) is 6.21. The molecule has 0 amide bonds. The molecule has 0 saturated heterocycles. The highest BCUT2D eigenvalue weighted by Crippen LogP contribution is 2.40. The van der Waals surface area contributed by atoms with Gasteiger partial charge >= 0.3 is 0 Å². The van der Waals surface area contributed by atoms with Crippen molar-refractivity contribution in [2.45, 2.75) is 58.2 Å². The highest BCUT2D eigenvalue weighted by Gasteiger charge is 2.41. The molecule has 106 valence electrons. The smallest absolute Gasteiger partial charge is 0.146 e. The van der Waals surface area contributed by atoms with Crippen LogP contribution in [0.2, 0.25) is 16.6 Å². The predicted octanol–water partition coefficient (Wildman–Crippen LogP) is 4.63. The normalized spacial score (nSPS) is 11.4. The van der Waals surface area contributed by atoms with Crippen molar-refractivity contribution in [2.24, 2.45) is 0 Å². The molecule has 2 heteroatoms. The van der Waals surface area contributed by atoms with E-state index in [0.29, 0.717) is 16.6 Å². The largest absolute Gasteiger partial charge is 0.263 e. The first kappa shape index (κ1) is 16.5. The molecular formula is C18H25NSi. The molecule has 20 heavy (non-hydrogen) atoms. The molecule has 0 atom stereocenters. The number of nitrogens with zero attached hydrogens (tertiary/aromatic N) is 1. The van der Waals surface area contributed by atoms with E-state index >= 15 is 0 Å². The highest BCUT2D eigenvalue weighted by atomic mass is 28.3. The van der Waals surface area contributed by atoms with Gasteiger partial charge in [0.25, 0.3) is 0 Å². The SMILES string of the molecule is C#Cc1cnccc1C#C[Si](C(C)C)(C(C)C)C(C)C. The fraction of sp³-hybridized carbons (Fsp3) is 0.500. The van der Waals surface area contributed by atoms with Gasteiger partial charge in [0.1, 0.15) is 8.07 Å². The monoisotopic (exact) mass is 283 g/mol. The van der Waals surface area contributed by atoms with E-state index in [1.54, 1.807) is 12.4 Å². The molecule has 1 nitrogen and oxygen atoms in total. The molecule has 0 aliphatic carbocycles. The van der Waals surface area contributed by atoms with E-state index in [1.807, 2.05) is 6.07 Å². The molecule has 0 spiro atoms. The van der Waals surface area contributed by atoms with Gasteiger partial charge in [-0.1, -0.05) is 53.4 Å². The summed E-state index contributed by atoms with van der Waals surface area (Å²) in [5.41, 5.74) is 7.30.